The van der Waals surface area contributed by atoms with E-state index in [1.807, 2.05) is 30.3 Å². The summed E-state index contributed by atoms with van der Waals surface area (Å²) in [5.74, 6) is -0.573. The predicted molar refractivity (Wildman–Crippen MR) is 549 cm³/mol. The first kappa shape index (κ1) is 81.2. The number of rotatable bonds is 21. The molecule has 0 bridgehead atoms. The Morgan fingerprint density at radius 1 is 0.136 bits per heavy atom. The van der Waals surface area contributed by atoms with Crippen molar-refractivity contribution in [2.24, 2.45) is 0 Å². The molecule has 22 rings (SSSR count). The van der Waals surface area contributed by atoms with Gasteiger partial charge in [0, 0.05) is 79.1 Å². The summed E-state index contributed by atoms with van der Waals surface area (Å²) in [4.78, 5) is 9.15. The van der Waals surface area contributed by atoms with Crippen LogP contribution in [-0.2, 0) is 10.8 Å². The first-order chi connectivity index (χ1) is 64.7. The molecule has 0 amide bonds. The fraction of sp³-hybridized carbons (Fsp3) is 0.0476. The van der Waals surface area contributed by atoms with E-state index < -0.39 is 0 Å². The number of nitrogens with zero attached hydrogens (tertiary/aromatic N) is 4. The lowest BCUT2D eigenvalue weighted by Crippen LogP contribution is -2.16. The normalized spacial score (nSPS) is 12.4. The van der Waals surface area contributed by atoms with E-state index in [4.69, 9.17) is 0 Å². The Hall–Kier alpha value is -16.5. The third-order valence-corrected chi connectivity index (χ3v) is 26.8. The minimum Gasteiger partial charge on any atom is -0.311 e. The highest BCUT2D eigenvalue weighted by Gasteiger charge is 2.39. The van der Waals surface area contributed by atoms with Gasteiger partial charge in [0.1, 0.15) is 11.6 Å². The standard InChI is InChI=1S/C126H92F2N4/c1-125(2)121-82-102(52-76-117(121)119-77-73-115(83-123(119)125)130(105-28-15-8-16-29-105)108-59-41-93(42-60-108)90-35-31-88(32-36-90)85-19-9-5-10-20-85)97-49-67-110(68-50-97)131(109-61-43-94(44-62-109)91-37-33-89(34-38-91)86-21-11-6-12-22-86)114-30-18-27-100(80-114)99-26-17-25-98(79-99)95-45-63-106(64-46-95)129(112-69-53-103(127)54-70-112)107-65-47-96(48-66-107)101-51-75-118-120-78-74-116(84-124(120)126(3,4)122(118)81-101)132(113-71-55-104(128)56-72-113)111-57-39-92(40-58-111)87-23-13-7-14-24-87/h5-84H,1-4H3. The summed E-state index contributed by atoms with van der Waals surface area (Å²) in [5.41, 5.74) is 41.9. The van der Waals surface area contributed by atoms with E-state index in [-0.39, 0.29) is 22.5 Å². The first-order valence-corrected chi connectivity index (χ1v) is 45.3. The van der Waals surface area contributed by atoms with Crippen molar-refractivity contribution in [3.05, 3.63) is 519 Å². The molecule has 6 heteroatoms. The van der Waals surface area contributed by atoms with Gasteiger partial charge in [0.25, 0.3) is 0 Å². The summed E-state index contributed by atoms with van der Waals surface area (Å²) in [7, 11) is 0. The zero-order chi connectivity index (χ0) is 89.0. The third-order valence-electron chi connectivity index (χ3n) is 26.8. The zero-order valence-electron chi connectivity index (χ0n) is 73.7. The Balaban J connectivity index is 0.531. The molecule has 20 aromatic carbocycles. The molecule has 0 unspecified atom stereocenters. The van der Waals surface area contributed by atoms with E-state index in [0.29, 0.717) is 0 Å². The van der Waals surface area contributed by atoms with Crippen LogP contribution in [0.1, 0.15) is 49.9 Å². The molecule has 0 atom stereocenters. The average molecular weight is 1700 g/mol. The van der Waals surface area contributed by atoms with E-state index in [1.54, 1.807) is 0 Å². The number of halogens is 2. The number of fused-ring (bicyclic) bond motifs is 6. The molecule has 0 heterocycles. The minimum absolute atomic E-state index is 0.277. The highest BCUT2D eigenvalue weighted by molar-refractivity contribution is 5.93. The van der Waals surface area contributed by atoms with Gasteiger partial charge < -0.3 is 19.6 Å². The molecule has 0 N–H and O–H groups in total. The number of para-hydroxylation sites is 1. The molecule has 0 aliphatic heterocycles. The van der Waals surface area contributed by atoms with Crippen molar-refractivity contribution < 1.29 is 8.78 Å². The molecule has 0 fully saturated rings. The number of benzene rings is 20. The molecule has 0 aromatic heterocycles. The Kier molecular flexibility index (Phi) is 21.1. The van der Waals surface area contributed by atoms with Gasteiger partial charge in [0.2, 0.25) is 0 Å². The molecule has 20 aromatic rings. The van der Waals surface area contributed by atoms with Crippen molar-refractivity contribution in [3.63, 3.8) is 0 Å². The molecule has 132 heavy (non-hydrogen) atoms. The molecule has 0 saturated heterocycles. The summed E-state index contributed by atoms with van der Waals surface area (Å²) in [6.07, 6.45) is 0. The van der Waals surface area contributed by atoms with E-state index in [9.17, 15) is 8.78 Å². The van der Waals surface area contributed by atoms with Gasteiger partial charge in [-0.05, 0) is 333 Å². The summed E-state index contributed by atoms with van der Waals surface area (Å²) in [6, 6.07) is 172. The molecule has 2 aliphatic rings. The molecule has 2 aliphatic carbocycles. The maximum Gasteiger partial charge on any atom is 0.123 e. The van der Waals surface area contributed by atoms with Crippen LogP contribution in [0, 0.1) is 11.6 Å². The smallest absolute Gasteiger partial charge is 0.123 e. The topological polar surface area (TPSA) is 13.0 Å². The van der Waals surface area contributed by atoms with Gasteiger partial charge in [-0.2, -0.15) is 0 Å². The van der Waals surface area contributed by atoms with Gasteiger partial charge in [-0.25, -0.2) is 8.78 Å². The molecule has 0 spiro atoms. The Morgan fingerprint density at radius 2 is 0.303 bits per heavy atom. The second-order valence-electron chi connectivity index (χ2n) is 35.5. The quantitative estimate of drug-likeness (QED) is 0.0711. The van der Waals surface area contributed by atoms with Crippen LogP contribution < -0.4 is 19.6 Å². The van der Waals surface area contributed by atoms with Crippen LogP contribution >= 0.6 is 0 Å². The summed E-state index contributed by atoms with van der Waals surface area (Å²) in [5, 5.41) is 0. The zero-order valence-corrected chi connectivity index (χ0v) is 73.7. The van der Waals surface area contributed by atoms with E-state index in [1.165, 1.54) is 108 Å². The monoisotopic (exact) mass is 1700 g/mol. The van der Waals surface area contributed by atoms with Crippen LogP contribution in [0.15, 0.2) is 485 Å². The first-order valence-electron chi connectivity index (χ1n) is 45.3. The van der Waals surface area contributed by atoms with Gasteiger partial charge >= 0.3 is 0 Å². The van der Waals surface area contributed by atoms with Crippen LogP contribution in [0.4, 0.5) is 77.0 Å². The molecular weight excluding hydrogens is 1610 g/mol. The number of hydrogen-bond donors (Lipinski definition) is 0. The van der Waals surface area contributed by atoms with Crippen LogP contribution in [-0.4, -0.2) is 0 Å². The molecule has 0 radical (unpaired) electrons. The molecular formula is C126H92F2N4. The second-order valence-corrected chi connectivity index (χ2v) is 35.5. The Morgan fingerprint density at radius 3 is 0.606 bits per heavy atom. The van der Waals surface area contributed by atoms with Crippen molar-refractivity contribution >= 4 is 68.2 Å². The van der Waals surface area contributed by atoms with Gasteiger partial charge in [-0.15, -0.1) is 0 Å². The van der Waals surface area contributed by atoms with Gasteiger partial charge in [-0.3, -0.25) is 0 Å². The van der Waals surface area contributed by atoms with Crippen molar-refractivity contribution in [1.29, 1.82) is 0 Å². The second kappa shape index (κ2) is 34.2. The number of anilines is 12. The fourth-order valence-electron chi connectivity index (χ4n) is 19.8. The lowest BCUT2D eigenvalue weighted by molar-refractivity contribution is 0.627. The van der Waals surface area contributed by atoms with Crippen molar-refractivity contribution in [2.75, 3.05) is 19.6 Å². The largest absolute Gasteiger partial charge is 0.311 e. The molecule has 630 valence electrons. The average Bonchev–Trinajstić information content (AvgIpc) is 1.57. The highest BCUT2D eigenvalue weighted by Crippen LogP contribution is 2.55. The lowest BCUT2D eigenvalue weighted by atomic mass is 9.81. The molecule has 4 nitrogen and oxygen atoms in total. The van der Waals surface area contributed by atoms with Crippen molar-refractivity contribution in [2.45, 2.75) is 38.5 Å². The van der Waals surface area contributed by atoms with Crippen LogP contribution in [0.2, 0.25) is 0 Å². The van der Waals surface area contributed by atoms with E-state index >= 15 is 0 Å². The predicted octanol–water partition coefficient (Wildman–Crippen LogP) is 35.5. The van der Waals surface area contributed by atoms with Gasteiger partial charge in [0.15, 0.2) is 0 Å². The maximum absolute atomic E-state index is 14.9. The van der Waals surface area contributed by atoms with Gasteiger partial charge in [0.05, 0.1) is 0 Å². The third kappa shape index (κ3) is 15.6. The fourth-order valence-corrected chi connectivity index (χ4v) is 19.8. The van der Waals surface area contributed by atoms with Crippen molar-refractivity contribution in [3.8, 4) is 122 Å². The summed E-state index contributed by atoms with van der Waals surface area (Å²) < 4.78 is 29.4. The van der Waals surface area contributed by atoms with Gasteiger partial charge in [-0.1, -0.05) is 325 Å². The van der Waals surface area contributed by atoms with Crippen LogP contribution in [0.5, 0.6) is 0 Å². The summed E-state index contributed by atoms with van der Waals surface area (Å²) >= 11 is 0. The van der Waals surface area contributed by atoms with Crippen LogP contribution in [0.3, 0.4) is 0 Å². The van der Waals surface area contributed by atoms with E-state index in [2.05, 4.69) is 478 Å². The SMILES string of the molecule is CC1(C)c2cc(-c3ccc(N(c4ccc(-c5ccc(-c6ccccc6)cc5)cc4)c4cccc(-c5cccc(-c6ccc(N(c7ccc(F)cc7)c7ccc(-c8ccc9c(c8)C(C)(C)c8cc(N(c%10ccc(F)cc%10)c%10ccc(-c%11ccccc%11)cc%10)ccc8-9)cc7)cc6)c5)c4)cc3)ccc2-c2ccc(N(c3ccccc3)c3ccc(-c4ccc(-c5ccccc5)cc4)cc3)cc21. The van der Waals surface area contributed by atoms with Crippen LogP contribution in [0.25, 0.3) is 122 Å². The maximum atomic E-state index is 14.9. The number of hydrogen-bond acceptors (Lipinski definition) is 4. The van der Waals surface area contributed by atoms with E-state index in [0.717, 1.165) is 129 Å². The molecule has 0 saturated carbocycles. The minimum atomic E-state index is -0.344. The Labute approximate surface area is 771 Å². The summed E-state index contributed by atoms with van der Waals surface area (Å²) in [6.45, 7) is 9.38. The van der Waals surface area contributed by atoms with Crippen molar-refractivity contribution in [1.82, 2.24) is 0 Å². The Bertz CT molecular complexity index is 7600. The highest BCUT2D eigenvalue weighted by atomic mass is 19.1. The lowest BCUT2D eigenvalue weighted by Gasteiger charge is -2.28.